The van der Waals surface area contributed by atoms with Gasteiger partial charge in [-0.3, -0.25) is 0 Å². The highest BCUT2D eigenvalue weighted by molar-refractivity contribution is 7.09. The van der Waals surface area contributed by atoms with Crippen molar-refractivity contribution in [3.05, 3.63) is 46.4 Å². The Morgan fingerprint density at radius 1 is 1.35 bits per heavy atom. The van der Waals surface area contributed by atoms with Crippen LogP contribution in [0.3, 0.4) is 0 Å². The van der Waals surface area contributed by atoms with E-state index in [1.54, 1.807) is 18.3 Å². The van der Waals surface area contributed by atoms with Gasteiger partial charge in [-0.1, -0.05) is 12.1 Å². The molecule has 3 N–H and O–H groups in total. The van der Waals surface area contributed by atoms with E-state index in [9.17, 15) is 9.59 Å². The normalized spacial score (nSPS) is 11.7. The fraction of sp³-hybridized carbons (Fsp3) is 0.154. The summed E-state index contributed by atoms with van der Waals surface area (Å²) < 4.78 is 0. The van der Waals surface area contributed by atoms with E-state index in [1.165, 1.54) is 23.5 Å². The highest BCUT2D eigenvalue weighted by Gasteiger charge is 2.14. The van der Waals surface area contributed by atoms with Crippen LogP contribution in [0.4, 0.5) is 10.5 Å². The van der Waals surface area contributed by atoms with Crippen LogP contribution in [-0.2, 0) is 0 Å². The number of para-hydroxylation sites is 1. The predicted octanol–water partition coefficient (Wildman–Crippen LogP) is 2.72. The van der Waals surface area contributed by atoms with Gasteiger partial charge in [-0.25, -0.2) is 14.6 Å². The summed E-state index contributed by atoms with van der Waals surface area (Å²) in [5.74, 6) is -1.09. The van der Waals surface area contributed by atoms with Gasteiger partial charge in [0.2, 0.25) is 0 Å². The molecule has 2 aromatic rings. The molecule has 7 heteroatoms. The number of benzene rings is 1. The van der Waals surface area contributed by atoms with Crippen LogP contribution in [0.2, 0.25) is 0 Å². The number of nitrogens with one attached hydrogen (secondary N) is 2. The number of hydrogen-bond donors (Lipinski definition) is 3. The number of anilines is 1. The Morgan fingerprint density at radius 3 is 2.75 bits per heavy atom. The maximum atomic E-state index is 11.9. The molecule has 1 atom stereocenters. The summed E-state index contributed by atoms with van der Waals surface area (Å²) in [5, 5.41) is 16.9. The second kappa shape index (κ2) is 6.16. The highest BCUT2D eigenvalue weighted by Crippen LogP contribution is 2.17. The van der Waals surface area contributed by atoms with Gasteiger partial charge in [0.25, 0.3) is 0 Å². The van der Waals surface area contributed by atoms with E-state index < -0.39 is 12.0 Å². The Balaban J connectivity index is 2.03. The lowest BCUT2D eigenvalue weighted by Gasteiger charge is -2.13. The van der Waals surface area contributed by atoms with E-state index in [2.05, 4.69) is 15.6 Å². The molecule has 0 saturated heterocycles. The molecule has 0 aliphatic carbocycles. The minimum absolute atomic E-state index is 0.0459. The molecule has 1 aromatic carbocycles. The van der Waals surface area contributed by atoms with Crippen LogP contribution in [0.15, 0.2) is 35.8 Å². The highest BCUT2D eigenvalue weighted by atomic mass is 32.1. The van der Waals surface area contributed by atoms with Crippen LogP contribution in [-0.4, -0.2) is 22.1 Å². The molecule has 6 nitrogen and oxygen atoms in total. The number of urea groups is 1. The standard InChI is InChI=1S/C13H13N3O3S/c1-8(11-14-6-7-20-11)15-13(19)16-10-5-3-2-4-9(10)12(17)18/h2-8H,1H3,(H,17,18)(H2,15,16,19). The van der Waals surface area contributed by atoms with Gasteiger partial charge in [0, 0.05) is 11.6 Å². The zero-order valence-corrected chi connectivity index (χ0v) is 11.5. The summed E-state index contributed by atoms with van der Waals surface area (Å²) in [5.41, 5.74) is 0.299. The lowest BCUT2D eigenvalue weighted by atomic mass is 10.2. The number of rotatable bonds is 4. The van der Waals surface area contributed by atoms with Crippen LogP contribution >= 0.6 is 11.3 Å². The van der Waals surface area contributed by atoms with Crippen molar-refractivity contribution in [2.75, 3.05) is 5.32 Å². The number of thiazole rings is 1. The molecular formula is C13H13N3O3S. The molecule has 20 heavy (non-hydrogen) atoms. The third kappa shape index (κ3) is 3.33. The fourth-order valence-electron chi connectivity index (χ4n) is 1.64. The van der Waals surface area contributed by atoms with Crippen molar-refractivity contribution in [2.24, 2.45) is 0 Å². The maximum absolute atomic E-state index is 11.9. The number of aromatic nitrogens is 1. The zero-order valence-electron chi connectivity index (χ0n) is 10.7. The average Bonchev–Trinajstić information content (AvgIpc) is 2.92. The first-order valence-electron chi connectivity index (χ1n) is 5.87. The van der Waals surface area contributed by atoms with Gasteiger partial charge in [0.15, 0.2) is 0 Å². The number of carbonyl (C=O) groups is 2. The van der Waals surface area contributed by atoms with Gasteiger partial charge in [-0.2, -0.15) is 0 Å². The first kappa shape index (κ1) is 14.0. The summed E-state index contributed by atoms with van der Waals surface area (Å²) in [7, 11) is 0. The topological polar surface area (TPSA) is 91.3 Å². The first-order chi connectivity index (χ1) is 9.58. The minimum atomic E-state index is -1.09. The molecule has 1 unspecified atom stereocenters. The van der Waals surface area contributed by atoms with Crippen LogP contribution in [0.1, 0.15) is 28.3 Å². The molecule has 0 radical (unpaired) electrons. The van der Waals surface area contributed by atoms with E-state index in [4.69, 9.17) is 5.11 Å². The van der Waals surface area contributed by atoms with Crippen LogP contribution in [0.5, 0.6) is 0 Å². The van der Waals surface area contributed by atoms with Crippen molar-refractivity contribution in [1.29, 1.82) is 0 Å². The summed E-state index contributed by atoms with van der Waals surface area (Å²) in [4.78, 5) is 27.0. The van der Waals surface area contributed by atoms with Crippen molar-refractivity contribution in [3.63, 3.8) is 0 Å². The molecule has 0 saturated carbocycles. The van der Waals surface area contributed by atoms with E-state index in [0.29, 0.717) is 0 Å². The Kier molecular flexibility index (Phi) is 4.31. The maximum Gasteiger partial charge on any atom is 0.337 e. The number of nitrogens with zero attached hydrogens (tertiary/aromatic N) is 1. The van der Waals surface area contributed by atoms with Gasteiger partial charge in [0.1, 0.15) is 5.01 Å². The summed E-state index contributed by atoms with van der Waals surface area (Å²) >= 11 is 1.44. The smallest absolute Gasteiger partial charge is 0.337 e. The largest absolute Gasteiger partial charge is 0.478 e. The van der Waals surface area contributed by atoms with Gasteiger partial charge in [-0.05, 0) is 19.1 Å². The number of aromatic carboxylic acids is 1. The third-order valence-corrected chi connectivity index (χ3v) is 3.53. The molecule has 1 heterocycles. The second-order valence-corrected chi connectivity index (χ2v) is 4.97. The van der Waals surface area contributed by atoms with Crippen molar-refractivity contribution in [2.45, 2.75) is 13.0 Å². The second-order valence-electron chi connectivity index (χ2n) is 4.04. The van der Waals surface area contributed by atoms with Gasteiger partial charge < -0.3 is 15.7 Å². The van der Waals surface area contributed by atoms with Crippen LogP contribution < -0.4 is 10.6 Å². The number of amides is 2. The number of carboxylic acids is 1. The van der Waals surface area contributed by atoms with Gasteiger partial charge in [-0.15, -0.1) is 11.3 Å². The van der Waals surface area contributed by atoms with E-state index >= 15 is 0 Å². The van der Waals surface area contributed by atoms with Gasteiger partial charge in [0.05, 0.1) is 17.3 Å². The SMILES string of the molecule is CC(NC(=O)Nc1ccccc1C(=O)O)c1nccs1. The third-order valence-electron chi connectivity index (χ3n) is 2.58. The molecular weight excluding hydrogens is 278 g/mol. The van der Waals surface area contributed by atoms with E-state index in [-0.39, 0.29) is 17.3 Å². The van der Waals surface area contributed by atoms with Crippen molar-refractivity contribution < 1.29 is 14.7 Å². The first-order valence-corrected chi connectivity index (χ1v) is 6.75. The number of carbonyl (C=O) groups excluding carboxylic acids is 1. The average molecular weight is 291 g/mol. The Hall–Kier alpha value is -2.41. The summed E-state index contributed by atoms with van der Waals surface area (Å²) in [6, 6.07) is 5.52. The monoisotopic (exact) mass is 291 g/mol. The van der Waals surface area contributed by atoms with Crippen molar-refractivity contribution in [1.82, 2.24) is 10.3 Å². The number of hydrogen-bond acceptors (Lipinski definition) is 4. The predicted molar refractivity (Wildman–Crippen MR) is 76.1 cm³/mol. The quantitative estimate of drug-likeness (QED) is 0.807. The van der Waals surface area contributed by atoms with E-state index in [0.717, 1.165) is 5.01 Å². The molecule has 0 aliphatic rings. The minimum Gasteiger partial charge on any atom is -0.478 e. The van der Waals surface area contributed by atoms with Crippen molar-refractivity contribution >= 4 is 29.0 Å². The molecule has 0 aliphatic heterocycles. The Morgan fingerprint density at radius 2 is 2.10 bits per heavy atom. The molecule has 2 amide bonds. The Labute approximate surface area is 119 Å². The lowest BCUT2D eigenvalue weighted by molar-refractivity contribution is 0.0698. The molecule has 0 bridgehead atoms. The Bertz CT molecular complexity index is 613. The molecule has 2 rings (SSSR count). The summed E-state index contributed by atoms with van der Waals surface area (Å²) in [6.07, 6.45) is 1.66. The zero-order chi connectivity index (χ0) is 14.5. The molecule has 0 fully saturated rings. The molecule has 0 spiro atoms. The fourth-order valence-corrected chi connectivity index (χ4v) is 2.29. The lowest BCUT2D eigenvalue weighted by Crippen LogP contribution is -2.31. The molecule has 104 valence electrons. The van der Waals surface area contributed by atoms with Gasteiger partial charge >= 0.3 is 12.0 Å². The van der Waals surface area contributed by atoms with E-state index in [1.807, 2.05) is 12.3 Å². The number of carboxylic acid groups (broad SMARTS) is 1. The van der Waals surface area contributed by atoms with Crippen molar-refractivity contribution in [3.8, 4) is 0 Å². The van der Waals surface area contributed by atoms with Crippen LogP contribution in [0.25, 0.3) is 0 Å². The summed E-state index contributed by atoms with van der Waals surface area (Å²) in [6.45, 7) is 1.81. The van der Waals surface area contributed by atoms with Crippen LogP contribution in [0, 0.1) is 0 Å². The molecule has 1 aromatic heterocycles.